The van der Waals surface area contributed by atoms with Crippen LogP contribution in [0.25, 0.3) is 0 Å². The predicted molar refractivity (Wildman–Crippen MR) is 64.4 cm³/mol. The lowest BCUT2D eigenvalue weighted by molar-refractivity contribution is 0.0386. The van der Waals surface area contributed by atoms with Crippen LogP contribution in [0.2, 0.25) is 0 Å². The Labute approximate surface area is 106 Å². The highest BCUT2D eigenvalue weighted by Gasteiger charge is 2.35. The van der Waals surface area contributed by atoms with Crippen molar-refractivity contribution in [2.24, 2.45) is 0 Å². The Balaban J connectivity index is 2.27. The van der Waals surface area contributed by atoms with Crippen molar-refractivity contribution in [3.63, 3.8) is 0 Å². The van der Waals surface area contributed by atoms with Crippen molar-refractivity contribution >= 4 is 15.8 Å². The topological polar surface area (TPSA) is 107 Å². The number of hydrogen-bond donors (Lipinski definition) is 2. The Hall–Kier alpha value is -1.12. The molecule has 7 nitrogen and oxygen atoms in total. The van der Waals surface area contributed by atoms with Crippen LogP contribution in [0.15, 0.2) is 9.42 Å². The Morgan fingerprint density at radius 1 is 1.50 bits per heavy atom. The Kier molecular flexibility index (Phi) is 3.35. The summed E-state index contributed by atoms with van der Waals surface area (Å²) in [6, 6.07) is 0. The summed E-state index contributed by atoms with van der Waals surface area (Å²) in [6.45, 7) is 4.32. The predicted octanol–water partition coefficient (Wildman–Crippen LogP) is 0.413. The molecular weight excluding hydrogens is 258 g/mol. The quantitative estimate of drug-likeness (QED) is 0.827. The van der Waals surface area contributed by atoms with Gasteiger partial charge >= 0.3 is 0 Å². The molecule has 1 aromatic rings. The van der Waals surface area contributed by atoms with Crippen LogP contribution < -0.4 is 10.5 Å². The van der Waals surface area contributed by atoms with E-state index < -0.39 is 15.6 Å². The highest BCUT2D eigenvalue weighted by atomic mass is 32.2. The van der Waals surface area contributed by atoms with Crippen LogP contribution in [-0.2, 0) is 14.8 Å². The standard InChI is InChI=1S/C10H17N3O4S/c1-7-8(9(11)12-17-7)18(14,15)13-10(2)4-3-5-16-6-10/h13H,3-6H2,1-2H3,(H2,11,12)/t10-/m0/s1. The largest absolute Gasteiger partial charge is 0.380 e. The molecule has 0 aliphatic carbocycles. The minimum absolute atomic E-state index is 0.0886. The first-order valence-corrected chi connectivity index (χ1v) is 7.16. The van der Waals surface area contributed by atoms with Gasteiger partial charge in [-0.2, -0.15) is 0 Å². The van der Waals surface area contributed by atoms with Crippen LogP contribution in [0.4, 0.5) is 5.82 Å². The maximum Gasteiger partial charge on any atom is 0.248 e. The first kappa shape index (κ1) is 13.3. The molecule has 2 heterocycles. The minimum Gasteiger partial charge on any atom is -0.380 e. The van der Waals surface area contributed by atoms with E-state index in [0.717, 1.165) is 12.8 Å². The molecule has 3 N–H and O–H groups in total. The second kappa shape index (κ2) is 4.52. The number of aryl methyl sites for hydroxylation is 1. The molecule has 102 valence electrons. The average Bonchev–Trinajstić information content (AvgIpc) is 2.58. The molecule has 2 rings (SSSR count). The fraction of sp³-hybridized carbons (Fsp3) is 0.700. The monoisotopic (exact) mass is 275 g/mol. The van der Waals surface area contributed by atoms with E-state index in [0.29, 0.717) is 13.2 Å². The molecular formula is C10H17N3O4S. The van der Waals surface area contributed by atoms with Gasteiger partial charge in [0.15, 0.2) is 16.5 Å². The van der Waals surface area contributed by atoms with Crippen LogP contribution >= 0.6 is 0 Å². The van der Waals surface area contributed by atoms with Gasteiger partial charge in [0, 0.05) is 6.61 Å². The summed E-state index contributed by atoms with van der Waals surface area (Å²) in [5.74, 6) is 0.0562. The molecule has 18 heavy (non-hydrogen) atoms. The zero-order valence-electron chi connectivity index (χ0n) is 10.4. The van der Waals surface area contributed by atoms with E-state index in [1.807, 2.05) is 6.92 Å². The van der Waals surface area contributed by atoms with Crippen molar-refractivity contribution < 1.29 is 17.7 Å². The van der Waals surface area contributed by atoms with Crippen LogP contribution in [0.1, 0.15) is 25.5 Å². The van der Waals surface area contributed by atoms with Gasteiger partial charge in [-0.25, -0.2) is 13.1 Å². The molecule has 0 unspecified atom stereocenters. The number of sulfonamides is 1. The summed E-state index contributed by atoms with van der Waals surface area (Å²) in [4.78, 5) is -0.0886. The van der Waals surface area contributed by atoms with Gasteiger partial charge in [-0.05, 0) is 26.7 Å². The number of rotatable bonds is 3. The molecule has 0 amide bonds. The molecule has 1 aliphatic heterocycles. The van der Waals surface area contributed by atoms with Gasteiger partial charge in [0.05, 0.1) is 12.1 Å². The number of anilines is 1. The second-order valence-electron chi connectivity index (χ2n) is 4.78. The molecule has 0 spiro atoms. The zero-order chi connectivity index (χ0) is 13.4. The van der Waals surface area contributed by atoms with E-state index >= 15 is 0 Å². The minimum atomic E-state index is -3.75. The molecule has 1 aliphatic rings. The van der Waals surface area contributed by atoms with Crippen molar-refractivity contribution in [2.45, 2.75) is 37.1 Å². The first-order valence-electron chi connectivity index (χ1n) is 5.68. The molecule has 0 saturated carbocycles. The zero-order valence-corrected chi connectivity index (χ0v) is 11.2. The number of aromatic nitrogens is 1. The van der Waals surface area contributed by atoms with Gasteiger partial charge in [0.2, 0.25) is 10.0 Å². The van der Waals surface area contributed by atoms with Gasteiger partial charge in [0.1, 0.15) is 0 Å². The van der Waals surface area contributed by atoms with Crippen LogP contribution in [0, 0.1) is 6.92 Å². The molecule has 1 fully saturated rings. The van der Waals surface area contributed by atoms with Crippen molar-refractivity contribution in [1.29, 1.82) is 0 Å². The number of nitrogens with zero attached hydrogens (tertiary/aromatic N) is 1. The van der Waals surface area contributed by atoms with Gasteiger partial charge in [0.25, 0.3) is 0 Å². The van der Waals surface area contributed by atoms with Gasteiger partial charge in [-0.1, -0.05) is 5.16 Å². The third kappa shape index (κ3) is 2.50. The fourth-order valence-corrected chi connectivity index (χ4v) is 3.74. The van der Waals surface area contributed by atoms with E-state index in [1.165, 1.54) is 6.92 Å². The molecule has 1 aromatic heterocycles. The number of hydrogen-bond acceptors (Lipinski definition) is 6. The van der Waals surface area contributed by atoms with Crippen LogP contribution in [0.5, 0.6) is 0 Å². The van der Waals surface area contributed by atoms with E-state index in [1.54, 1.807) is 0 Å². The first-order chi connectivity index (χ1) is 8.34. The van der Waals surface area contributed by atoms with Crippen molar-refractivity contribution in [3.05, 3.63) is 5.76 Å². The normalized spacial score (nSPS) is 25.2. The SMILES string of the molecule is Cc1onc(N)c1S(=O)(=O)N[C@@]1(C)CCCOC1. The average molecular weight is 275 g/mol. The van der Waals surface area contributed by atoms with E-state index in [9.17, 15) is 8.42 Å². The van der Waals surface area contributed by atoms with Crippen LogP contribution in [0.3, 0.4) is 0 Å². The molecule has 8 heteroatoms. The summed E-state index contributed by atoms with van der Waals surface area (Å²) in [5, 5.41) is 3.45. The third-order valence-electron chi connectivity index (χ3n) is 2.92. The Morgan fingerprint density at radius 2 is 2.22 bits per heavy atom. The summed E-state index contributed by atoms with van der Waals surface area (Å²) < 4.78 is 37.2. The van der Waals surface area contributed by atoms with Crippen molar-refractivity contribution in [2.75, 3.05) is 18.9 Å². The lowest BCUT2D eigenvalue weighted by atomic mass is 9.97. The van der Waals surface area contributed by atoms with Crippen molar-refractivity contribution in [1.82, 2.24) is 9.88 Å². The number of nitrogens with two attached hydrogens (primary N) is 1. The molecule has 1 saturated heterocycles. The smallest absolute Gasteiger partial charge is 0.248 e. The highest BCUT2D eigenvalue weighted by Crippen LogP contribution is 2.26. The Bertz CT molecular complexity index is 512. The van der Waals surface area contributed by atoms with Gasteiger partial charge in [-0.3, -0.25) is 0 Å². The number of ether oxygens (including phenoxy) is 1. The lowest BCUT2D eigenvalue weighted by Gasteiger charge is -2.33. The van der Waals surface area contributed by atoms with Gasteiger partial charge < -0.3 is 15.0 Å². The second-order valence-corrected chi connectivity index (χ2v) is 6.39. The molecule has 0 aromatic carbocycles. The van der Waals surface area contributed by atoms with Crippen LogP contribution in [-0.4, -0.2) is 32.3 Å². The summed E-state index contributed by atoms with van der Waals surface area (Å²) >= 11 is 0. The van der Waals surface area contributed by atoms with E-state index in [2.05, 4.69) is 9.88 Å². The lowest BCUT2D eigenvalue weighted by Crippen LogP contribution is -2.51. The number of nitrogen functional groups attached to an aromatic ring is 1. The Morgan fingerprint density at radius 3 is 2.72 bits per heavy atom. The molecule has 0 bridgehead atoms. The molecule has 1 atom stereocenters. The summed E-state index contributed by atoms with van der Waals surface area (Å²) in [6.07, 6.45) is 1.54. The summed E-state index contributed by atoms with van der Waals surface area (Å²) in [5.41, 5.74) is 4.90. The van der Waals surface area contributed by atoms with E-state index in [-0.39, 0.29) is 16.5 Å². The highest BCUT2D eigenvalue weighted by molar-refractivity contribution is 7.89. The number of nitrogens with one attached hydrogen (secondary N) is 1. The van der Waals surface area contributed by atoms with Crippen molar-refractivity contribution in [3.8, 4) is 0 Å². The fourth-order valence-electron chi connectivity index (χ4n) is 2.10. The summed E-state index contributed by atoms with van der Waals surface area (Å²) in [7, 11) is -3.75. The van der Waals surface area contributed by atoms with Gasteiger partial charge in [-0.15, -0.1) is 0 Å². The maximum absolute atomic E-state index is 12.3. The maximum atomic E-state index is 12.3. The van der Waals surface area contributed by atoms with E-state index in [4.69, 9.17) is 15.0 Å². The molecule has 0 radical (unpaired) electrons. The third-order valence-corrected chi connectivity index (χ3v) is 4.72.